The first-order valence-corrected chi connectivity index (χ1v) is 5.96. The van der Waals surface area contributed by atoms with Crippen molar-refractivity contribution in [1.82, 2.24) is 9.97 Å². The van der Waals surface area contributed by atoms with Gasteiger partial charge in [0.25, 0.3) is 0 Å². The molecule has 2 rings (SSSR count). The molecule has 0 saturated heterocycles. The van der Waals surface area contributed by atoms with Crippen molar-refractivity contribution < 1.29 is 0 Å². The lowest BCUT2D eigenvalue weighted by Gasteiger charge is -1.88. The number of hydrogen-bond donors (Lipinski definition) is 1. The van der Waals surface area contributed by atoms with Crippen LogP contribution >= 0.6 is 44.2 Å². The second-order valence-corrected chi connectivity index (χ2v) is 4.42. The third-order valence-corrected chi connectivity index (χ3v) is 3.16. The van der Waals surface area contributed by atoms with E-state index in [0.717, 1.165) is 30.7 Å². The SMILES string of the molecule is ClSc1nc2c(I)cccc2[nH]1. The van der Waals surface area contributed by atoms with Gasteiger partial charge in [0, 0.05) is 14.5 Å². The van der Waals surface area contributed by atoms with Gasteiger partial charge in [-0.3, -0.25) is 0 Å². The monoisotopic (exact) mass is 310 g/mol. The minimum Gasteiger partial charge on any atom is -0.332 e. The van der Waals surface area contributed by atoms with E-state index in [9.17, 15) is 0 Å². The molecule has 62 valence electrons. The maximum atomic E-state index is 5.57. The molecule has 1 heterocycles. The molecular formula is C7H4ClIN2S. The molecule has 2 aromatic rings. The largest absolute Gasteiger partial charge is 0.332 e. The third kappa shape index (κ3) is 1.43. The Morgan fingerprint density at radius 3 is 3.00 bits per heavy atom. The fraction of sp³-hybridized carbons (Fsp3) is 0. The Kier molecular flexibility index (Phi) is 2.47. The number of imidazole rings is 1. The van der Waals surface area contributed by atoms with Crippen molar-refractivity contribution in [2.45, 2.75) is 5.16 Å². The standard InChI is InChI=1S/C7H4ClIN2S/c8-12-7-10-5-3-1-2-4(9)6(5)11-7/h1-3H,(H,10,11). The van der Waals surface area contributed by atoms with Crippen LogP contribution in [0.2, 0.25) is 0 Å². The zero-order chi connectivity index (χ0) is 8.55. The lowest BCUT2D eigenvalue weighted by atomic mass is 10.3. The Bertz CT molecular complexity index is 415. The number of fused-ring (bicyclic) bond motifs is 1. The highest BCUT2D eigenvalue weighted by Crippen LogP contribution is 2.24. The van der Waals surface area contributed by atoms with E-state index in [1.165, 1.54) is 0 Å². The Morgan fingerprint density at radius 1 is 1.50 bits per heavy atom. The van der Waals surface area contributed by atoms with E-state index in [2.05, 4.69) is 32.6 Å². The van der Waals surface area contributed by atoms with Crippen LogP contribution in [0.25, 0.3) is 11.0 Å². The summed E-state index contributed by atoms with van der Waals surface area (Å²) in [7, 11) is 6.68. The van der Waals surface area contributed by atoms with Gasteiger partial charge in [0.05, 0.1) is 5.52 Å². The van der Waals surface area contributed by atoms with Crippen molar-refractivity contribution in [3.8, 4) is 0 Å². The second-order valence-electron chi connectivity index (χ2n) is 2.26. The Hall–Kier alpha value is 0.0600. The molecule has 0 aliphatic carbocycles. The number of para-hydroxylation sites is 1. The number of nitrogens with zero attached hydrogens (tertiary/aromatic N) is 1. The van der Waals surface area contributed by atoms with Gasteiger partial charge in [0.2, 0.25) is 0 Å². The molecule has 1 aromatic heterocycles. The second kappa shape index (κ2) is 3.43. The number of aromatic amines is 1. The first-order chi connectivity index (χ1) is 5.81. The molecule has 0 spiro atoms. The molecule has 0 saturated carbocycles. The van der Waals surface area contributed by atoms with E-state index in [0.29, 0.717) is 0 Å². The van der Waals surface area contributed by atoms with Crippen LogP contribution in [0.4, 0.5) is 0 Å². The van der Waals surface area contributed by atoms with Crippen LogP contribution in [0.5, 0.6) is 0 Å². The Labute approximate surface area is 91.7 Å². The number of H-pyrrole nitrogens is 1. The molecule has 0 radical (unpaired) electrons. The molecular weight excluding hydrogens is 307 g/mol. The van der Waals surface area contributed by atoms with Crippen LogP contribution in [0.1, 0.15) is 0 Å². The average molecular weight is 311 g/mol. The van der Waals surface area contributed by atoms with Crippen LogP contribution in [-0.2, 0) is 0 Å². The van der Waals surface area contributed by atoms with E-state index in [1.807, 2.05) is 18.2 Å². The third-order valence-electron chi connectivity index (χ3n) is 1.51. The molecule has 0 amide bonds. The van der Waals surface area contributed by atoms with Gasteiger partial charge in [0.1, 0.15) is 5.52 Å². The van der Waals surface area contributed by atoms with Gasteiger partial charge in [-0.2, -0.15) is 0 Å². The molecule has 1 N–H and O–H groups in total. The van der Waals surface area contributed by atoms with Gasteiger partial charge in [-0.25, -0.2) is 4.98 Å². The summed E-state index contributed by atoms with van der Waals surface area (Å²) in [5.41, 5.74) is 2.02. The minimum absolute atomic E-state index is 0.746. The average Bonchev–Trinajstić information content (AvgIpc) is 2.49. The molecule has 2 nitrogen and oxygen atoms in total. The first-order valence-electron chi connectivity index (χ1n) is 3.24. The topological polar surface area (TPSA) is 28.7 Å². The van der Waals surface area contributed by atoms with Crippen LogP contribution < -0.4 is 0 Å². The van der Waals surface area contributed by atoms with Crippen LogP contribution in [0.3, 0.4) is 0 Å². The van der Waals surface area contributed by atoms with Gasteiger partial charge in [-0.15, -0.1) is 0 Å². The number of benzene rings is 1. The molecule has 0 unspecified atom stereocenters. The quantitative estimate of drug-likeness (QED) is 0.818. The summed E-state index contributed by atoms with van der Waals surface area (Å²) in [4.78, 5) is 7.40. The minimum atomic E-state index is 0.746. The Balaban J connectivity index is 2.74. The van der Waals surface area contributed by atoms with Gasteiger partial charge in [-0.05, 0) is 45.4 Å². The molecule has 0 atom stereocenters. The highest BCUT2D eigenvalue weighted by molar-refractivity contribution is 14.1. The number of nitrogens with one attached hydrogen (secondary N) is 1. The van der Waals surface area contributed by atoms with Gasteiger partial charge in [0.15, 0.2) is 5.16 Å². The van der Waals surface area contributed by atoms with E-state index in [4.69, 9.17) is 10.7 Å². The zero-order valence-corrected chi connectivity index (χ0v) is 9.57. The summed E-state index contributed by atoms with van der Waals surface area (Å²) in [6.45, 7) is 0. The number of halogens is 2. The predicted molar refractivity (Wildman–Crippen MR) is 60.5 cm³/mol. The summed E-state index contributed by atoms with van der Waals surface area (Å²) in [5, 5.41) is 0.746. The summed E-state index contributed by atoms with van der Waals surface area (Å²) in [5.74, 6) is 0. The van der Waals surface area contributed by atoms with E-state index < -0.39 is 0 Å². The molecule has 0 aliphatic heterocycles. The fourth-order valence-electron chi connectivity index (χ4n) is 1.01. The van der Waals surface area contributed by atoms with Crippen molar-refractivity contribution in [3.05, 3.63) is 21.8 Å². The maximum Gasteiger partial charge on any atom is 0.182 e. The number of hydrogen-bond acceptors (Lipinski definition) is 2. The molecule has 12 heavy (non-hydrogen) atoms. The molecule has 0 fully saturated rings. The smallest absolute Gasteiger partial charge is 0.182 e. The maximum absolute atomic E-state index is 5.57. The number of rotatable bonds is 1. The van der Waals surface area contributed by atoms with Crippen molar-refractivity contribution in [1.29, 1.82) is 0 Å². The van der Waals surface area contributed by atoms with Crippen molar-refractivity contribution in [2.24, 2.45) is 0 Å². The predicted octanol–water partition coefficient (Wildman–Crippen LogP) is 3.41. The highest BCUT2D eigenvalue weighted by Gasteiger charge is 2.03. The molecule has 0 bridgehead atoms. The zero-order valence-electron chi connectivity index (χ0n) is 5.84. The van der Waals surface area contributed by atoms with Crippen molar-refractivity contribution in [3.63, 3.8) is 0 Å². The van der Waals surface area contributed by atoms with Gasteiger partial charge >= 0.3 is 0 Å². The lowest BCUT2D eigenvalue weighted by Crippen LogP contribution is -1.73. The van der Waals surface area contributed by atoms with E-state index in [-0.39, 0.29) is 0 Å². The van der Waals surface area contributed by atoms with Crippen LogP contribution in [0.15, 0.2) is 23.4 Å². The normalized spacial score (nSPS) is 10.8. The summed E-state index contributed by atoms with van der Waals surface area (Å²) < 4.78 is 1.14. The summed E-state index contributed by atoms with van der Waals surface area (Å²) in [6.07, 6.45) is 0. The fourth-order valence-corrected chi connectivity index (χ4v) is 2.12. The van der Waals surface area contributed by atoms with Gasteiger partial charge in [-0.1, -0.05) is 6.07 Å². The molecule has 5 heteroatoms. The summed E-state index contributed by atoms with van der Waals surface area (Å²) >= 11 is 2.25. The Morgan fingerprint density at radius 2 is 2.33 bits per heavy atom. The lowest BCUT2D eigenvalue weighted by molar-refractivity contribution is 1.09. The van der Waals surface area contributed by atoms with Crippen molar-refractivity contribution in [2.75, 3.05) is 0 Å². The molecule has 1 aromatic carbocycles. The van der Waals surface area contributed by atoms with Gasteiger partial charge < -0.3 is 4.98 Å². The van der Waals surface area contributed by atoms with Crippen molar-refractivity contribution >= 4 is 55.3 Å². The van der Waals surface area contributed by atoms with E-state index in [1.54, 1.807) is 0 Å². The molecule has 0 aliphatic rings. The first kappa shape index (κ1) is 8.65. The number of aromatic nitrogens is 2. The van der Waals surface area contributed by atoms with Crippen LogP contribution in [-0.4, -0.2) is 9.97 Å². The van der Waals surface area contributed by atoms with Crippen LogP contribution in [0, 0.1) is 3.57 Å². The summed E-state index contributed by atoms with van der Waals surface area (Å²) in [6, 6.07) is 6.00. The van der Waals surface area contributed by atoms with E-state index >= 15 is 0 Å². The highest BCUT2D eigenvalue weighted by atomic mass is 127.